The number of thiazole rings is 2. The Morgan fingerprint density at radius 2 is 1.96 bits per heavy atom. The summed E-state index contributed by atoms with van der Waals surface area (Å²) < 4.78 is 0. The zero-order valence-electron chi connectivity index (χ0n) is 15.1. The molecule has 2 aromatic heterocycles. The third-order valence-electron chi connectivity index (χ3n) is 3.38. The Morgan fingerprint density at radius 3 is 2.54 bits per heavy atom. The summed E-state index contributed by atoms with van der Waals surface area (Å²) in [4.78, 5) is 13.8. The highest BCUT2D eigenvalue weighted by atomic mass is 32.1. The van der Waals surface area contributed by atoms with Gasteiger partial charge in [0.2, 0.25) is 0 Å². The van der Waals surface area contributed by atoms with E-state index in [1.54, 1.807) is 22.7 Å². The van der Waals surface area contributed by atoms with Crippen LogP contribution in [0.3, 0.4) is 0 Å². The Hall–Kier alpha value is -1.47. The molecule has 132 valence electrons. The van der Waals surface area contributed by atoms with E-state index in [4.69, 9.17) is 4.98 Å². The molecule has 0 unspecified atom stereocenters. The van der Waals surface area contributed by atoms with E-state index in [0.29, 0.717) is 6.54 Å². The minimum Gasteiger partial charge on any atom is -0.357 e. The van der Waals surface area contributed by atoms with Gasteiger partial charge in [-0.1, -0.05) is 20.8 Å². The van der Waals surface area contributed by atoms with Crippen LogP contribution < -0.4 is 10.6 Å². The summed E-state index contributed by atoms with van der Waals surface area (Å²) in [5.41, 5.74) is 2.36. The second-order valence-electron chi connectivity index (χ2n) is 6.61. The SMILES string of the molecule is CCNC(=NCc1nc(C(C)(C)C)cs1)NCCc1csc(C)n1. The molecule has 2 aromatic rings. The van der Waals surface area contributed by atoms with Gasteiger partial charge in [0, 0.05) is 35.7 Å². The van der Waals surface area contributed by atoms with Crippen molar-refractivity contribution in [3.63, 3.8) is 0 Å². The average Bonchev–Trinajstić information content (AvgIpc) is 3.13. The minimum absolute atomic E-state index is 0.0902. The van der Waals surface area contributed by atoms with Crippen molar-refractivity contribution in [1.29, 1.82) is 0 Å². The molecule has 0 aliphatic rings. The van der Waals surface area contributed by atoms with Crippen LogP contribution >= 0.6 is 22.7 Å². The molecule has 0 amide bonds. The van der Waals surface area contributed by atoms with Gasteiger partial charge in [0.05, 0.1) is 22.9 Å². The van der Waals surface area contributed by atoms with E-state index in [2.05, 4.69) is 59.1 Å². The number of aromatic nitrogens is 2. The maximum atomic E-state index is 4.69. The van der Waals surface area contributed by atoms with Crippen LogP contribution in [0, 0.1) is 6.92 Å². The molecule has 0 aliphatic carbocycles. The smallest absolute Gasteiger partial charge is 0.191 e. The van der Waals surface area contributed by atoms with Gasteiger partial charge in [-0.25, -0.2) is 15.0 Å². The zero-order valence-corrected chi connectivity index (χ0v) is 16.8. The summed E-state index contributed by atoms with van der Waals surface area (Å²) in [5.74, 6) is 0.831. The monoisotopic (exact) mass is 365 g/mol. The summed E-state index contributed by atoms with van der Waals surface area (Å²) in [6, 6.07) is 0. The Bertz CT molecular complexity index is 667. The van der Waals surface area contributed by atoms with Crippen LogP contribution in [0.25, 0.3) is 0 Å². The van der Waals surface area contributed by atoms with E-state index in [0.717, 1.165) is 46.9 Å². The quantitative estimate of drug-likeness (QED) is 0.607. The number of rotatable bonds is 6. The van der Waals surface area contributed by atoms with Crippen molar-refractivity contribution in [3.8, 4) is 0 Å². The second-order valence-corrected chi connectivity index (χ2v) is 8.61. The number of aryl methyl sites for hydroxylation is 1. The molecule has 0 radical (unpaired) electrons. The third-order valence-corrected chi connectivity index (χ3v) is 5.03. The molecular weight excluding hydrogens is 338 g/mol. The molecule has 0 aliphatic heterocycles. The second kappa shape index (κ2) is 8.58. The first-order valence-electron chi connectivity index (χ1n) is 8.26. The molecule has 5 nitrogen and oxygen atoms in total. The zero-order chi connectivity index (χ0) is 17.6. The highest BCUT2D eigenvalue weighted by Gasteiger charge is 2.17. The predicted molar refractivity (Wildman–Crippen MR) is 104 cm³/mol. The summed E-state index contributed by atoms with van der Waals surface area (Å²) in [6.45, 7) is 12.9. The first-order chi connectivity index (χ1) is 11.4. The maximum absolute atomic E-state index is 4.69. The first kappa shape index (κ1) is 18.9. The fourth-order valence-electron chi connectivity index (χ4n) is 2.05. The van der Waals surface area contributed by atoms with Crippen LogP contribution in [0.15, 0.2) is 15.8 Å². The molecule has 2 heterocycles. The molecule has 0 aromatic carbocycles. The van der Waals surface area contributed by atoms with Gasteiger partial charge in [-0.2, -0.15) is 0 Å². The molecular formula is C17H27N5S2. The molecule has 0 spiro atoms. The van der Waals surface area contributed by atoms with Crippen LogP contribution in [0.1, 0.15) is 49.1 Å². The fourth-order valence-corrected chi connectivity index (χ4v) is 3.64. The van der Waals surface area contributed by atoms with Crippen molar-refractivity contribution >= 4 is 28.6 Å². The Morgan fingerprint density at radius 1 is 1.17 bits per heavy atom. The lowest BCUT2D eigenvalue weighted by molar-refractivity contribution is 0.571. The Balaban J connectivity index is 1.89. The number of hydrogen-bond acceptors (Lipinski definition) is 5. The fraction of sp³-hybridized carbons (Fsp3) is 0.588. The van der Waals surface area contributed by atoms with Gasteiger partial charge in [-0.15, -0.1) is 22.7 Å². The molecule has 0 fully saturated rings. The first-order valence-corrected chi connectivity index (χ1v) is 10.0. The lowest BCUT2D eigenvalue weighted by atomic mass is 9.93. The lowest BCUT2D eigenvalue weighted by Crippen LogP contribution is -2.38. The van der Waals surface area contributed by atoms with Crippen molar-refractivity contribution in [2.75, 3.05) is 13.1 Å². The third kappa shape index (κ3) is 5.87. The lowest BCUT2D eigenvalue weighted by Gasteiger charge is -2.14. The van der Waals surface area contributed by atoms with E-state index in [1.807, 2.05) is 6.92 Å². The topological polar surface area (TPSA) is 62.2 Å². The van der Waals surface area contributed by atoms with Crippen LogP contribution in [-0.2, 0) is 18.4 Å². The highest BCUT2D eigenvalue weighted by molar-refractivity contribution is 7.09. The van der Waals surface area contributed by atoms with Crippen LogP contribution in [0.4, 0.5) is 0 Å². The van der Waals surface area contributed by atoms with Crippen molar-refractivity contribution in [2.45, 2.75) is 53.0 Å². The Kier molecular flexibility index (Phi) is 6.74. The van der Waals surface area contributed by atoms with E-state index in [-0.39, 0.29) is 5.41 Å². The molecule has 7 heteroatoms. The van der Waals surface area contributed by atoms with Gasteiger partial charge >= 0.3 is 0 Å². The molecule has 2 rings (SSSR count). The van der Waals surface area contributed by atoms with E-state index >= 15 is 0 Å². The molecule has 24 heavy (non-hydrogen) atoms. The van der Waals surface area contributed by atoms with Gasteiger partial charge < -0.3 is 10.6 Å². The van der Waals surface area contributed by atoms with Gasteiger partial charge in [-0.05, 0) is 13.8 Å². The number of nitrogens with zero attached hydrogens (tertiary/aromatic N) is 3. The van der Waals surface area contributed by atoms with Gasteiger partial charge in [-0.3, -0.25) is 0 Å². The molecule has 0 atom stereocenters. The van der Waals surface area contributed by atoms with E-state index < -0.39 is 0 Å². The van der Waals surface area contributed by atoms with Crippen LogP contribution in [0.5, 0.6) is 0 Å². The highest BCUT2D eigenvalue weighted by Crippen LogP contribution is 2.24. The largest absolute Gasteiger partial charge is 0.357 e. The summed E-state index contributed by atoms with van der Waals surface area (Å²) in [7, 11) is 0. The molecule has 0 saturated carbocycles. The average molecular weight is 366 g/mol. The summed E-state index contributed by atoms with van der Waals surface area (Å²) in [6.07, 6.45) is 0.903. The number of hydrogen-bond donors (Lipinski definition) is 2. The van der Waals surface area contributed by atoms with Crippen molar-refractivity contribution in [1.82, 2.24) is 20.6 Å². The molecule has 0 bridgehead atoms. The molecule has 2 N–H and O–H groups in total. The van der Waals surface area contributed by atoms with E-state index in [1.165, 1.54) is 0 Å². The van der Waals surface area contributed by atoms with Crippen molar-refractivity contribution in [3.05, 3.63) is 32.2 Å². The molecule has 0 saturated heterocycles. The summed E-state index contributed by atoms with van der Waals surface area (Å²) >= 11 is 3.37. The minimum atomic E-state index is 0.0902. The number of guanidine groups is 1. The van der Waals surface area contributed by atoms with Crippen LogP contribution in [-0.4, -0.2) is 29.0 Å². The number of aliphatic imine (C=N–C) groups is 1. The summed E-state index contributed by atoms with van der Waals surface area (Å²) in [5, 5.41) is 13.1. The standard InChI is InChI=1S/C17H27N5S2/c1-6-18-16(19-8-7-13-10-23-12(2)21-13)20-9-15-22-14(11-24-15)17(3,4)5/h10-11H,6-9H2,1-5H3,(H2,18,19,20). The normalized spacial score (nSPS) is 12.5. The van der Waals surface area contributed by atoms with Crippen LogP contribution in [0.2, 0.25) is 0 Å². The van der Waals surface area contributed by atoms with Crippen molar-refractivity contribution in [2.24, 2.45) is 4.99 Å². The van der Waals surface area contributed by atoms with E-state index in [9.17, 15) is 0 Å². The van der Waals surface area contributed by atoms with Gasteiger partial charge in [0.25, 0.3) is 0 Å². The maximum Gasteiger partial charge on any atom is 0.191 e. The van der Waals surface area contributed by atoms with Gasteiger partial charge in [0.15, 0.2) is 5.96 Å². The Labute approximate surface area is 152 Å². The number of nitrogens with one attached hydrogen (secondary N) is 2. The van der Waals surface area contributed by atoms with Crippen molar-refractivity contribution < 1.29 is 0 Å². The van der Waals surface area contributed by atoms with Gasteiger partial charge in [0.1, 0.15) is 5.01 Å². The predicted octanol–water partition coefficient (Wildman–Crippen LogP) is 3.50.